The fraction of sp³-hybridized carbons (Fsp3) is 1.00. The Hall–Kier alpha value is -0.0400. The van der Waals surface area contributed by atoms with Crippen molar-refractivity contribution in [1.82, 2.24) is 5.32 Å². The van der Waals surface area contributed by atoms with Crippen molar-refractivity contribution in [3.8, 4) is 0 Å². The molecule has 3 rings (SSSR count). The van der Waals surface area contributed by atoms with Crippen molar-refractivity contribution in [3.63, 3.8) is 0 Å². The molecule has 194 valence electrons. The second-order valence-corrected chi connectivity index (χ2v) is 14.6. The van der Waals surface area contributed by atoms with Crippen molar-refractivity contribution in [2.24, 2.45) is 39.4 Å². The van der Waals surface area contributed by atoms with Crippen molar-refractivity contribution >= 4 is 0 Å². The van der Waals surface area contributed by atoms with Crippen molar-refractivity contribution < 1.29 is 0 Å². The van der Waals surface area contributed by atoms with Crippen molar-refractivity contribution in [3.05, 3.63) is 0 Å². The van der Waals surface area contributed by atoms with E-state index < -0.39 is 0 Å². The molecule has 3 aliphatic rings. The lowest BCUT2D eigenvalue weighted by atomic mass is 9.38. The fourth-order valence-corrected chi connectivity index (χ4v) is 8.55. The van der Waals surface area contributed by atoms with Crippen LogP contribution in [0.3, 0.4) is 0 Å². The van der Waals surface area contributed by atoms with E-state index in [0.29, 0.717) is 27.7 Å². The molecule has 3 saturated carbocycles. The third-order valence-electron chi connectivity index (χ3n) is 11.9. The SMILES string of the molecule is CCCCC(C)NCC1(C)CC(C)([C@H](C)C(C)CC2CC2)[C@@]2(C)CCCCCCC[C@@]1(C)C2. The minimum atomic E-state index is 0.383. The molecule has 0 aromatic heterocycles. The molecule has 7 atom stereocenters. The van der Waals surface area contributed by atoms with Gasteiger partial charge in [-0.15, -0.1) is 0 Å². The third kappa shape index (κ3) is 6.03. The average molecular weight is 460 g/mol. The molecule has 1 N–H and O–H groups in total. The van der Waals surface area contributed by atoms with Gasteiger partial charge in [0.25, 0.3) is 0 Å². The Morgan fingerprint density at radius 2 is 1.42 bits per heavy atom. The highest BCUT2D eigenvalue weighted by Crippen LogP contribution is 2.69. The van der Waals surface area contributed by atoms with Gasteiger partial charge >= 0.3 is 0 Å². The quantitative estimate of drug-likeness (QED) is 0.343. The van der Waals surface area contributed by atoms with Crippen LogP contribution in [0.25, 0.3) is 0 Å². The lowest BCUT2D eigenvalue weighted by molar-refractivity contribution is -0.171. The number of hydrogen-bond acceptors (Lipinski definition) is 1. The zero-order valence-electron chi connectivity index (χ0n) is 24.1. The normalized spacial score (nSPS) is 40.7. The molecular weight excluding hydrogens is 398 g/mol. The van der Waals surface area contributed by atoms with Crippen LogP contribution in [0, 0.1) is 39.4 Å². The molecule has 0 aromatic rings. The molecule has 3 fully saturated rings. The summed E-state index contributed by atoms with van der Waals surface area (Å²) in [7, 11) is 0. The largest absolute Gasteiger partial charge is 0.314 e. The summed E-state index contributed by atoms with van der Waals surface area (Å²) in [5, 5.41) is 4.08. The molecule has 2 bridgehead atoms. The van der Waals surface area contributed by atoms with Gasteiger partial charge in [-0.3, -0.25) is 0 Å². The van der Waals surface area contributed by atoms with E-state index in [0.717, 1.165) is 17.8 Å². The van der Waals surface area contributed by atoms with Gasteiger partial charge in [-0.25, -0.2) is 0 Å². The molecule has 0 aliphatic heterocycles. The first kappa shape index (κ1) is 27.5. The first-order chi connectivity index (χ1) is 15.5. The molecule has 0 saturated heterocycles. The van der Waals surface area contributed by atoms with Gasteiger partial charge in [0, 0.05) is 12.6 Å². The zero-order chi connectivity index (χ0) is 24.3. The van der Waals surface area contributed by atoms with Crippen LogP contribution in [0.4, 0.5) is 0 Å². The smallest absolute Gasteiger partial charge is 0.00389 e. The van der Waals surface area contributed by atoms with Gasteiger partial charge < -0.3 is 5.32 Å². The lowest BCUT2D eigenvalue weighted by Crippen LogP contribution is -2.61. The summed E-state index contributed by atoms with van der Waals surface area (Å²) in [5.41, 5.74) is 1.75. The molecule has 0 aromatic carbocycles. The summed E-state index contributed by atoms with van der Waals surface area (Å²) < 4.78 is 0. The molecule has 3 aliphatic carbocycles. The van der Waals surface area contributed by atoms with Crippen molar-refractivity contribution in [2.75, 3.05) is 6.54 Å². The minimum absolute atomic E-state index is 0.383. The van der Waals surface area contributed by atoms with E-state index in [4.69, 9.17) is 0 Å². The van der Waals surface area contributed by atoms with E-state index in [1.165, 1.54) is 103 Å². The molecule has 0 spiro atoms. The topological polar surface area (TPSA) is 12.0 Å². The van der Waals surface area contributed by atoms with Crippen LogP contribution in [0.2, 0.25) is 0 Å². The standard InChI is InChI=1S/C32H61N/c1-9-10-16-26(3)33-24-31(7)23-32(8,27(4)25(2)21-28-17-18-28)30(6)20-15-13-11-12-14-19-29(31,5)22-30/h25-28,33H,9-24H2,1-8H3/t25?,26?,27-,29+,30+,31?,32?/m1/s1. The summed E-state index contributed by atoms with van der Waals surface area (Å²) in [6.07, 6.45) is 21.5. The first-order valence-corrected chi connectivity index (χ1v) is 15.2. The average Bonchev–Trinajstić information content (AvgIpc) is 3.57. The summed E-state index contributed by atoms with van der Waals surface area (Å²) in [6, 6.07) is 0.649. The minimum Gasteiger partial charge on any atom is -0.314 e. The number of nitrogens with one attached hydrogen (secondary N) is 1. The molecule has 0 heterocycles. The zero-order valence-corrected chi connectivity index (χ0v) is 24.1. The van der Waals surface area contributed by atoms with Gasteiger partial charge in [-0.2, -0.15) is 0 Å². The Morgan fingerprint density at radius 1 is 0.818 bits per heavy atom. The van der Waals surface area contributed by atoms with Crippen LogP contribution in [-0.4, -0.2) is 12.6 Å². The Bertz CT molecular complexity index is 610. The fourth-order valence-electron chi connectivity index (χ4n) is 8.55. The Morgan fingerprint density at radius 3 is 2.03 bits per heavy atom. The van der Waals surface area contributed by atoms with Crippen LogP contribution in [-0.2, 0) is 0 Å². The maximum Gasteiger partial charge on any atom is 0.00389 e. The Kier molecular flexibility index (Phi) is 9.12. The summed E-state index contributed by atoms with van der Waals surface area (Å²) in [6.45, 7) is 22.1. The molecule has 1 heteroatoms. The highest BCUT2D eigenvalue weighted by atomic mass is 14.9. The van der Waals surface area contributed by atoms with Crippen LogP contribution < -0.4 is 5.32 Å². The maximum atomic E-state index is 4.08. The lowest BCUT2D eigenvalue weighted by Gasteiger charge is -2.67. The molecule has 4 unspecified atom stereocenters. The van der Waals surface area contributed by atoms with E-state index in [9.17, 15) is 0 Å². The second kappa shape index (κ2) is 10.9. The summed E-state index contributed by atoms with van der Waals surface area (Å²) in [4.78, 5) is 0. The summed E-state index contributed by atoms with van der Waals surface area (Å²) in [5.74, 6) is 2.72. The Balaban J connectivity index is 1.90. The number of rotatable bonds is 10. The van der Waals surface area contributed by atoms with Gasteiger partial charge in [0.1, 0.15) is 0 Å². The van der Waals surface area contributed by atoms with Crippen LogP contribution in [0.5, 0.6) is 0 Å². The third-order valence-corrected chi connectivity index (χ3v) is 11.9. The van der Waals surface area contributed by atoms with E-state index in [1.54, 1.807) is 0 Å². The van der Waals surface area contributed by atoms with Crippen LogP contribution in [0.15, 0.2) is 0 Å². The van der Waals surface area contributed by atoms with E-state index in [1.807, 2.05) is 0 Å². The summed E-state index contributed by atoms with van der Waals surface area (Å²) >= 11 is 0. The van der Waals surface area contributed by atoms with Gasteiger partial charge in [0.15, 0.2) is 0 Å². The molecule has 33 heavy (non-hydrogen) atoms. The number of fused-ring (bicyclic) bond motifs is 2. The molecule has 0 amide bonds. The highest BCUT2D eigenvalue weighted by Gasteiger charge is 2.62. The van der Waals surface area contributed by atoms with Gasteiger partial charge in [0.2, 0.25) is 0 Å². The van der Waals surface area contributed by atoms with E-state index >= 15 is 0 Å². The van der Waals surface area contributed by atoms with Gasteiger partial charge in [0.05, 0.1) is 0 Å². The number of hydrogen-bond donors (Lipinski definition) is 1. The van der Waals surface area contributed by atoms with Gasteiger partial charge in [-0.1, -0.05) is 106 Å². The molecule has 0 radical (unpaired) electrons. The molecular formula is C32H61N. The van der Waals surface area contributed by atoms with E-state index in [2.05, 4.69) is 60.7 Å². The van der Waals surface area contributed by atoms with Crippen molar-refractivity contribution in [2.45, 2.75) is 158 Å². The van der Waals surface area contributed by atoms with E-state index in [-0.39, 0.29) is 0 Å². The highest BCUT2D eigenvalue weighted by molar-refractivity contribution is 5.12. The first-order valence-electron chi connectivity index (χ1n) is 15.2. The molecule has 1 nitrogen and oxygen atoms in total. The van der Waals surface area contributed by atoms with Crippen LogP contribution >= 0.6 is 0 Å². The van der Waals surface area contributed by atoms with Gasteiger partial charge in [-0.05, 0) is 84.9 Å². The van der Waals surface area contributed by atoms with Crippen LogP contribution in [0.1, 0.15) is 152 Å². The monoisotopic (exact) mass is 459 g/mol. The second-order valence-electron chi connectivity index (χ2n) is 14.6. The number of unbranched alkanes of at least 4 members (excludes halogenated alkanes) is 1. The predicted octanol–water partition coefficient (Wildman–Crippen LogP) is 9.79. The maximum absolute atomic E-state index is 4.08. The predicted molar refractivity (Wildman–Crippen MR) is 147 cm³/mol. The van der Waals surface area contributed by atoms with Crippen molar-refractivity contribution in [1.29, 1.82) is 0 Å². The Labute approximate surface area is 209 Å².